The average Bonchev–Trinajstić information content (AvgIpc) is 3.16. The highest BCUT2D eigenvalue weighted by Gasteiger charge is 2.22. The molecule has 0 N–H and O–H groups in total. The lowest BCUT2D eigenvalue weighted by molar-refractivity contribution is 0.621. The maximum absolute atomic E-state index is 13.4. The van der Waals surface area contributed by atoms with Gasteiger partial charge in [-0.3, -0.25) is 9.36 Å². The van der Waals surface area contributed by atoms with E-state index in [2.05, 4.69) is 22.9 Å². The lowest BCUT2D eigenvalue weighted by atomic mass is 10.1. The number of fused-ring (bicyclic) bond motifs is 2. The second kappa shape index (κ2) is 5.93. The highest BCUT2D eigenvalue weighted by atomic mass is 79.9. The Kier molecular flexibility index (Phi) is 3.89. The molecule has 0 bridgehead atoms. The van der Waals surface area contributed by atoms with Crippen molar-refractivity contribution in [3.63, 3.8) is 0 Å². The molecule has 2 aromatic heterocycles. The van der Waals surface area contributed by atoms with Crippen molar-refractivity contribution in [3.05, 3.63) is 61.2 Å². The first-order valence-corrected chi connectivity index (χ1v) is 9.37. The van der Waals surface area contributed by atoms with E-state index in [9.17, 15) is 9.18 Å². The van der Waals surface area contributed by atoms with Gasteiger partial charge in [-0.05, 0) is 64.2 Å². The fourth-order valence-corrected chi connectivity index (χ4v) is 4.33. The molecule has 0 amide bonds. The minimum Gasteiger partial charge on any atom is -0.292 e. The SMILES string of the molecule is CCc1cc2c(=O)n3c(nc2s1)/C(=C/c1ccc(F)c(Br)c1)CC3. The van der Waals surface area contributed by atoms with E-state index in [4.69, 9.17) is 4.98 Å². The summed E-state index contributed by atoms with van der Waals surface area (Å²) in [7, 11) is 0. The third kappa shape index (κ3) is 2.54. The van der Waals surface area contributed by atoms with Gasteiger partial charge in [0.15, 0.2) is 0 Å². The molecule has 0 aliphatic carbocycles. The van der Waals surface area contributed by atoms with Crippen LogP contribution in [-0.4, -0.2) is 9.55 Å². The zero-order valence-corrected chi connectivity index (χ0v) is 15.4. The largest absolute Gasteiger partial charge is 0.292 e. The number of aryl methyl sites for hydroxylation is 1. The Morgan fingerprint density at radius 1 is 1.42 bits per heavy atom. The van der Waals surface area contributed by atoms with Crippen LogP contribution >= 0.6 is 27.3 Å². The number of rotatable bonds is 2. The number of thiophene rings is 1. The van der Waals surface area contributed by atoms with E-state index in [1.165, 1.54) is 10.9 Å². The lowest BCUT2D eigenvalue weighted by Gasteiger charge is -2.03. The molecule has 0 spiro atoms. The van der Waals surface area contributed by atoms with Gasteiger partial charge < -0.3 is 0 Å². The number of aromatic nitrogens is 2. The molecule has 0 saturated heterocycles. The Balaban J connectivity index is 1.86. The van der Waals surface area contributed by atoms with E-state index in [-0.39, 0.29) is 11.4 Å². The highest BCUT2D eigenvalue weighted by Crippen LogP contribution is 2.30. The minimum atomic E-state index is -0.286. The summed E-state index contributed by atoms with van der Waals surface area (Å²) in [4.78, 5) is 19.4. The van der Waals surface area contributed by atoms with E-state index in [1.54, 1.807) is 28.0 Å². The van der Waals surface area contributed by atoms with Crippen molar-refractivity contribution >= 4 is 49.1 Å². The third-order valence-electron chi connectivity index (χ3n) is 4.23. The molecule has 122 valence electrons. The van der Waals surface area contributed by atoms with Gasteiger partial charge in [0.25, 0.3) is 5.56 Å². The summed E-state index contributed by atoms with van der Waals surface area (Å²) in [6.07, 6.45) is 3.65. The maximum atomic E-state index is 13.4. The summed E-state index contributed by atoms with van der Waals surface area (Å²) in [5.41, 5.74) is 1.94. The predicted octanol–water partition coefficient (Wildman–Crippen LogP) is 4.87. The van der Waals surface area contributed by atoms with Crippen LogP contribution in [0.5, 0.6) is 0 Å². The molecule has 6 heteroatoms. The predicted molar refractivity (Wildman–Crippen MR) is 99.8 cm³/mol. The highest BCUT2D eigenvalue weighted by molar-refractivity contribution is 9.10. The monoisotopic (exact) mass is 404 g/mol. The number of hydrogen-bond donors (Lipinski definition) is 0. The summed E-state index contributed by atoms with van der Waals surface area (Å²) in [5.74, 6) is 0.447. The number of halogens is 2. The molecule has 0 fully saturated rings. The van der Waals surface area contributed by atoms with Crippen molar-refractivity contribution in [1.29, 1.82) is 0 Å². The molecule has 3 aromatic rings. The molecule has 1 aromatic carbocycles. The lowest BCUT2D eigenvalue weighted by Crippen LogP contribution is -2.19. The van der Waals surface area contributed by atoms with Crippen molar-refractivity contribution in [1.82, 2.24) is 9.55 Å². The molecule has 4 rings (SSSR count). The Morgan fingerprint density at radius 2 is 2.25 bits per heavy atom. The molecule has 0 radical (unpaired) electrons. The molecule has 3 nitrogen and oxygen atoms in total. The normalized spacial score (nSPS) is 15.4. The summed E-state index contributed by atoms with van der Waals surface area (Å²) in [5, 5.41) is 0.714. The Hall–Kier alpha value is -1.79. The van der Waals surface area contributed by atoms with Crippen molar-refractivity contribution in [2.45, 2.75) is 26.3 Å². The number of nitrogens with zero attached hydrogens (tertiary/aromatic N) is 2. The molecule has 1 aliphatic rings. The summed E-state index contributed by atoms with van der Waals surface area (Å²) >= 11 is 4.79. The first-order chi connectivity index (χ1) is 11.6. The van der Waals surface area contributed by atoms with Crippen molar-refractivity contribution < 1.29 is 4.39 Å². The second-order valence-corrected chi connectivity index (χ2v) is 7.74. The van der Waals surface area contributed by atoms with E-state index >= 15 is 0 Å². The topological polar surface area (TPSA) is 34.9 Å². The number of allylic oxidation sites excluding steroid dienone is 1. The van der Waals surface area contributed by atoms with Crippen LogP contribution in [0, 0.1) is 5.82 Å². The van der Waals surface area contributed by atoms with Gasteiger partial charge in [0.05, 0.1) is 9.86 Å². The van der Waals surface area contributed by atoms with Gasteiger partial charge in [-0.15, -0.1) is 11.3 Å². The first-order valence-electron chi connectivity index (χ1n) is 7.76. The van der Waals surface area contributed by atoms with E-state index in [0.29, 0.717) is 16.4 Å². The molecular weight excluding hydrogens is 391 g/mol. The molecule has 3 heterocycles. The zero-order valence-electron chi connectivity index (χ0n) is 13.0. The molecule has 24 heavy (non-hydrogen) atoms. The zero-order chi connectivity index (χ0) is 16.8. The molecule has 1 aliphatic heterocycles. The van der Waals surface area contributed by atoms with Gasteiger partial charge in [-0.1, -0.05) is 13.0 Å². The molecule has 0 unspecified atom stereocenters. The summed E-state index contributed by atoms with van der Waals surface area (Å²) < 4.78 is 15.6. The standard InChI is InChI=1S/C18H14BrFN2OS/c1-2-12-9-13-17(24-12)21-16-11(5-6-22(16)18(13)23)7-10-3-4-15(20)14(19)8-10/h3-4,7-9H,2,5-6H2,1H3/b11-7+. The van der Waals surface area contributed by atoms with Gasteiger partial charge in [0.2, 0.25) is 0 Å². The van der Waals surface area contributed by atoms with Gasteiger partial charge >= 0.3 is 0 Å². The Labute approximate surface area is 150 Å². The van der Waals surface area contributed by atoms with Gasteiger partial charge in [0, 0.05) is 11.4 Å². The second-order valence-electron chi connectivity index (χ2n) is 5.77. The van der Waals surface area contributed by atoms with Gasteiger partial charge in [-0.25, -0.2) is 9.37 Å². The fraction of sp³-hybridized carbons (Fsp3) is 0.222. The van der Waals surface area contributed by atoms with Crippen LogP contribution in [0.4, 0.5) is 4.39 Å². The van der Waals surface area contributed by atoms with Crippen LogP contribution in [0.25, 0.3) is 21.9 Å². The average molecular weight is 405 g/mol. The molecule has 0 atom stereocenters. The quantitative estimate of drug-likeness (QED) is 0.610. The number of hydrogen-bond acceptors (Lipinski definition) is 3. The van der Waals surface area contributed by atoms with Crippen molar-refractivity contribution in [2.24, 2.45) is 0 Å². The minimum absolute atomic E-state index is 0.0367. The van der Waals surface area contributed by atoms with E-state index in [0.717, 1.165) is 34.6 Å². The summed E-state index contributed by atoms with van der Waals surface area (Å²) in [6, 6.07) is 6.86. The van der Waals surface area contributed by atoms with Crippen LogP contribution in [0.15, 0.2) is 33.5 Å². The summed E-state index contributed by atoms with van der Waals surface area (Å²) in [6.45, 7) is 2.72. The Bertz CT molecular complexity index is 1050. The maximum Gasteiger partial charge on any atom is 0.262 e. The van der Waals surface area contributed by atoms with Crippen molar-refractivity contribution in [3.8, 4) is 0 Å². The van der Waals surface area contributed by atoms with Crippen LogP contribution in [-0.2, 0) is 13.0 Å². The van der Waals surface area contributed by atoms with Crippen LogP contribution < -0.4 is 5.56 Å². The van der Waals surface area contributed by atoms with Gasteiger partial charge in [0.1, 0.15) is 16.5 Å². The smallest absolute Gasteiger partial charge is 0.262 e. The van der Waals surface area contributed by atoms with Crippen molar-refractivity contribution in [2.75, 3.05) is 0 Å². The third-order valence-corrected chi connectivity index (χ3v) is 6.01. The van der Waals surface area contributed by atoms with Crippen LogP contribution in [0.2, 0.25) is 0 Å². The van der Waals surface area contributed by atoms with E-state index < -0.39 is 0 Å². The van der Waals surface area contributed by atoms with E-state index in [1.807, 2.05) is 12.1 Å². The van der Waals surface area contributed by atoms with Gasteiger partial charge in [-0.2, -0.15) is 0 Å². The number of benzene rings is 1. The molecule has 0 saturated carbocycles. The van der Waals surface area contributed by atoms with Crippen LogP contribution in [0.3, 0.4) is 0 Å². The first kappa shape index (κ1) is 15.7. The fourth-order valence-electron chi connectivity index (χ4n) is 2.98. The van der Waals surface area contributed by atoms with Crippen LogP contribution in [0.1, 0.15) is 29.6 Å². The Morgan fingerprint density at radius 3 is 3.00 bits per heavy atom. The molecular formula is C18H14BrFN2OS.